The van der Waals surface area contributed by atoms with Gasteiger partial charge in [-0.25, -0.2) is 0 Å². The summed E-state index contributed by atoms with van der Waals surface area (Å²) in [6.07, 6.45) is 46.6. The van der Waals surface area contributed by atoms with Gasteiger partial charge in [0.05, 0.1) is 14.2 Å². The van der Waals surface area contributed by atoms with E-state index >= 15 is 0 Å². The Bertz CT molecular complexity index is 655. The molecule has 0 rings (SSSR count). The molecular formula is C42H91NO6S. The summed E-state index contributed by atoms with van der Waals surface area (Å²) >= 11 is 0. The lowest BCUT2D eigenvalue weighted by Crippen LogP contribution is -2.34. The van der Waals surface area contributed by atoms with Crippen LogP contribution in [0.15, 0.2) is 0 Å². The molecule has 0 aliphatic carbocycles. The van der Waals surface area contributed by atoms with E-state index in [0.29, 0.717) is 6.42 Å². The zero-order valence-corrected chi connectivity index (χ0v) is 35.5. The summed E-state index contributed by atoms with van der Waals surface area (Å²) < 4.78 is 33.4. The molecule has 7 nitrogen and oxygen atoms in total. The van der Waals surface area contributed by atoms with Crippen molar-refractivity contribution in [2.45, 2.75) is 245 Å². The second-order valence-electron chi connectivity index (χ2n) is 14.7. The van der Waals surface area contributed by atoms with Gasteiger partial charge in [0.15, 0.2) is 0 Å². The van der Waals surface area contributed by atoms with Crippen LogP contribution >= 0.6 is 0 Å². The Morgan fingerprint density at radius 1 is 0.440 bits per heavy atom. The predicted molar refractivity (Wildman–Crippen MR) is 218 cm³/mol. The Labute approximate surface area is 314 Å². The van der Waals surface area contributed by atoms with E-state index in [-0.39, 0.29) is 0 Å². The molecule has 1 atom stereocenters. The molecule has 8 heteroatoms. The summed E-state index contributed by atoms with van der Waals surface area (Å²) in [6, 6.07) is 0. The van der Waals surface area contributed by atoms with E-state index in [1.54, 1.807) is 6.92 Å². The van der Waals surface area contributed by atoms with Gasteiger partial charge in [-0.15, -0.1) is 0 Å². The number of ether oxygens (including phenoxy) is 1. The van der Waals surface area contributed by atoms with E-state index in [1.165, 1.54) is 205 Å². The molecule has 3 N–H and O–H groups in total. The maximum atomic E-state index is 9.92. The quantitative estimate of drug-likeness (QED) is 0.0482. The summed E-state index contributed by atoms with van der Waals surface area (Å²) in [5, 5.41) is 8.60. The Hall–Kier alpha value is -0.250. The minimum absolute atomic E-state index is 0.604. The molecule has 306 valence electrons. The number of rotatable bonds is 37. The van der Waals surface area contributed by atoms with Gasteiger partial charge in [-0.05, 0) is 26.2 Å². The average molecular weight is 738 g/mol. The summed E-state index contributed by atoms with van der Waals surface area (Å²) in [5.41, 5.74) is 4.13. The summed E-state index contributed by atoms with van der Waals surface area (Å²) in [7, 11) is -1.60. The molecule has 0 bridgehead atoms. The highest BCUT2D eigenvalue weighted by molar-refractivity contribution is 7.81. The molecule has 0 heterocycles. The first-order valence-corrected chi connectivity index (χ1v) is 22.9. The number of aliphatic hydroxyl groups is 1. The molecule has 0 aliphatic heterocycles. The normalized spacial score (nSPS) is 12.6. The van der Waals surface area contributed by atoms with Crippen molar-refractivity contribution in [2.24, 2.45) is 5.73 Å². The topological polar surface area (TPSA) is 108 Å². The predicted octanol–water partition coefficient (Wildman–Crippen LogP) is 13.1. The van der Waals surface area contributed by atoms with E-state index in [2.05, 4.69) is 22.2 Å². The van der Waals surface area contributed by atoms with Gasteiger partial charge in [0, 0.05) is 13.2 Å². The third-order valence-electron chi connectivity index (χ3n) is 9.41. The van der Waals surface area contributed by atoms with Crippen LogP contribution in [0, 0.1) is 0 Å². The van der Waals surface area contributed by atoms with Crippen LogP contribution < -0.4 is 5.73 Å². The first-order chi connectivity index (χ1) is 24.1. The van der Waals surface area contributed by atoms with Crippen molar-refractivity contribution in [3.05, 3.63) is 0 Å². The third-order valence-corrected chi connectivity index (χ3v) is 10.2. The lowest BCUT2D eigenvalue weighted by Gasteiger charge is -2.11. The van der Waals surface area contributed by atoms with Crippen LogP contribution in [-0.2, 0) is 23.5 Å². The second-order valence-corrected chi connectivity index (χ2v) is 16.2. The highest BCUT2D eigenvalue weighted by atomic mass is 32.3. The van der Waals surface area contributed by atoms with Gasteiger partial charge in [0.25, 0.3) is 0 Å². The molecule has 0 aliphatic rings. The SMILES string of the molecule is CCC(C)(N)O.CCCCCCCCCCCCCCCCCCOCCCCCCCCCCCCCCCCCC.COS(=O)(=O)OC. The van der Waals surface area contributed by atoms with Gasteiger partial charge >= 0.3 is 10.4 Å². The molecule has 0 fully saturated rings. The summed E-state index contributed by atoms with van der Waals surface area (Å²) in [6.45, 7) is 10.0. The third kappa shape index (κ3) is 57.1. The maximum absolute atomic E-state index is 9.92. The monoisotopic (exact) mass is 738 g/mol. The maximum Gasteiger partial charge on any atom is 0.399 e. The van der Waals surface area contributed by atoms with Gasteiger partial charge in [-0.3, -0.25) is 8.37 Å². The molecule has 0 aromatic heterocycles. The van der Waals surface area contributed by atoms with E-state index in [9.17, 15) is 8.42 Å². The fraction of sp³-hybridized carbons (Fsp3) is 1.00. The average Bonchev–Trinajstić information content (AvgIpc) is 3.10. The van der Waals surface area contributed by atoms with Crippen LogP contribution in [0.2, 0.25) is 0 Å². The summed E-state index contributed by atoms with van der Waals surface area (Å²) in [4.78, 5) is 0. The van der Waals surface area contributed by atoms with E-state index in [0.717, 1.165) is 27.4 Å². The van der Waals surface area contributed by atoms with Crippen LogP contribution in [0.4, 0.5) is 0 Å². The first kappa shape index (κ1) is 54.1. The molecule has 50 heavy (non-hydrogen) atoms. The van der Waals surface area contributed by atoms with E-state index < -0.39 is 16.1 Å². The molecule has 0 aromatic carbocycles. The Kier molecular flexibility index (Phi) is 48.6. The fourth-order valence-corrected chi connectivity index (χ4v) is 5.81. The zero-order valence-electron chi connectivity index (χ0n) is 34.7. The molecule has 0 saturated heterocycles. The van der Waals surface area contributed by atoms with E-state index in [4.69, 9.17) is 15.6 Å². The molecule has 0 aromatic rings. The number of unbranched alkanes of at least 4 members (excludes halogenated alkanes) is 30. The van der Waals surface area contributed by atoms with Gasteiger partial charge in [0.2, 0.25) is 0 Å². The van der Waals surface area contributed by atoms with Crippen LogP contribution in [-0.4, -0.2) is 46.7 Å². The van der Waals surface area contributed by atoms with Gasteiger partial charge < -0.3 is 15.6 Å². The number of nitrogens with two attached hydrogens (primary N) is 1. The Morgan fingerprint density at radius 2 is 0.620 bits per heavy atom. The lowest BCUT2D eigenvalue weighted by atomic mass is 10.0. The largest absolute Gasteiger partial charge is 0.399 e. The molecule has 1 unspecified atom stereocenters. The van der Waals surface area contributed by atoms with Crippen molar-refractivity contribution in [2.75, 3.05) is 27.4 Å². The number of hydrogen-bond acceptors (Lipinski definition) is 7. The Balaban J connectivity index is -0.00000142. The van der Waals surface area contributed by atoms with Gasteiger partial charge in [-0.2, -0.15) is 8.42 Å². The number of hydrogen-bond donors (Lipinski definition) is 2. The van der Waals surface area contributed by atoms with Crippen LogP contribution in [0.1, 0.15) is 240 Å². The minimum Gasteiger partial charge on any atom is -0.381 e. The van der Waals surface area contributed by atoms with Crippen molar-refractivity contribution in [3.63, 3.8) is 0 Å². The van der Waals surface area contributed by atoms with Crippen LogP contribution in [0.3, 0.4) is 0 Å². The van der Waals surface area contributed by atoms with Gasteiger partial charge in [-0.1, -0.05) is 213 Å². The molecule has 0 spiro atoms. The second kappa shape index (κ2) is 44.9. The van der Waals surface area contributed by atoms with Crippen molar-refractivity contribution in [1.29, 1.82) is 0 Å². The molecule has 0 radical (unpaired) electrons. The van der Waals surface area contributed by atoms with Crippen LogP contribution in [0.5, 0.6) is 0 Å². The molecule has 0 amide bonds. The van der Waals surface area contributed by atoms with Crippen molar-refractivity contribution in [1.82, 2.24) is 0 Å². The Morgan fingerprint density at radius 3 is 0.760 bits per heavy atom. The fourth-order valence-electron chi connectivity index (χ4n) is 5.67. The molecular weight excluding hydrogens is 647 g/mol. The van der Waals surface area contributed by atoms with Crippen LogP contribution in [0.25, 0.3) is 0 Å². The van der Waals surface area contributed by atoms with Crippen molar-refractivity contribution < 1.29 is 26.6 Å². The highest BCUT2D eigenvalue weighted by Crippen LogP contribution is 2.15. The first-order valence-electron chi connectivity index (χ1n) is 21.5. The van der Waals surface area contributed by atoms with Crippen molar-refractivity contribution >= 4 is 10.4 Å². The van der Waals surface area contributed by atoms with Crippen molar-refractivity contribution in [3.8, 4) is 0 Å². The minimum atomic E-state index is -3.66. The smallest absolute Gasteiger partial charge is 0.381 e. The van der Waals surface area contributed by atoms with E-state index in [1.807, 2.05) is 6.92 Å². The zero-order chi connectivity index (χ0) is 37.9. The molecule has 0 saturated carbocycles. The van der Waals surface area contributed by atoms with Gasteiger partial charge in [0.1, 0.15) is 5.72 Å². The highest BCUT2D eigenvalue weighted by Gasteiger charge is 2.06. The lowest BCUT2D eigenvalue weighted by molar-refractivity contribution is 0.0632. The standard InChI is InChI=1S/C36H74O.C4H11NO.C2H6O4S/c1-3-5-7-9-11-13-15-17-19-21-23-25-27-29-31-33-35-37-36-34-32-30-28-26-24-22-20-18-16-14-12-10-8-6-4-2;1-3-4(2,5)6;1-5-7(3,4)6-2/h3-36H2,1-2H3;6H,3,5H2,1-2H3;1-2H3. The summed E-state index contributed by atoms with van der Waals surface area (Å²) in [5.74, 6) is 0.